The number of amides is 1. The molecule has 2 saturated heterocycles. The number of nitrogens with zero attached hydrogens (tertiary/aromatic N) is 3. The third kappa shape index (κ3) is 3.31. The number of aromatic nitrogens is 2. The van der Waals surface area contributed by atoms with Gasteiger partial charge in [0.05, 0.1) is 6.04 Å². The zero-order valence-electron chi connectivity index (χ0n) is 13.5. The second-order valence-corrected chi connectivity index (χ2v) is 8.01. The molecular weight excluding hydrogens is 300 g/mol. The molecule has 3 heterocycles. The molecule has 1 aromatic rings. The Balaban J connectivity index is 1.58. The van der Waals surface area contributed by atoms with Crippen LogP contribution in [0, 0.1) is 0 Å². The number of likely N-dealkylation sites (tertiary alicyclic amines) is 1. The van der Waals surface area contributed by atoms with Gasteiger partial charge in [-0.25, -0.2) is 0 Å². The van der Waals surface area contributed by atoms with Gasteiger partial charge in [-0.1, -0.05) is 32.1 Å². The van der Waals surface area contributed by atoms with Gasteiger partial charge in [-0.15, -0.1) is 10.2 Å². The highest BCUT2D eigenvalue weighted by Gasteiger charge is 2.39. The first kappa shape index (κ1) is 15.8. The van der Waals surface area contributed by atoms with E-state index in [4.69, 9.17) is 4.74 Å². The molecule has 1 N–H and O–H groups in total. The van der Waals surface area contributed by atoms with Crippen molar-refractivity contribution < 1.29 is 9.53 Å². The molecule has 2 fully saturated rings. The van der Waals surface area contributed by atoms with E-state index < -0.39 is 0 Å². The molecule has 2 aliphatic heterocycles. The molecule has 0 unspecified atom stereocenters. The van der Waals surface area contributed by atoms with E-state index in [2.05, 4.69) is 41.2 Å². The SMILES string of the molecule is CC(C)(C)c1nnc(NC(=O)[C@@H]2CCN2C2CCOCC2)s1. The predicted molar refractivity (Wildman–Crippen MR) is 86.2 cm³/mol. The number of carbonyl (C=O) groups is 1. The van der Waals surface area contributed by atoms with Crippen molar-refractivity contribution in [3.05, 3.63) is 5.01 Å². The molecule has 1 aromatic heterocycles. The van der Waals surface area contributed by atoms with E-state index in [1.165, 1.54) is 11.3 Å². The summed E-state index contributed by atoms with van der Waals surface area (Å²) in [6.45, 7) is 8.90. The second kappa shape index (κ2) is 6.22. The lowest BCUT2D eigenvalue weighted by Crippen LogP contribution is -2.59. The first-order valence-electron chi connectivity index (χ1n) is 7.93. The van der Waals surface area contributed by atoms with Crippen LogP contribution < -0.4 is 5.32 Å². The summed E-state index contributed by atoms with van der Waals surface area (Å²) in [5.74, 6) is 0.0503. The molecular formula is C15H24N4O2S. The summed E-state index contributed by atoms with van der Waals surface area (Å²) in [7, 11) is 0. The molecule has 2 aliphatic rings. The first-order chi connectivity index (χ1) is 10.4. The number of nitrogens with one attached hydrogen (secondary N) is 1. The lowest BCUT2D eigenvalue weighted by atomic mass is 9.95. The lowest BCUT2D eigenvalue weighted by molar-refractivity contribution is -0.129. The first-order valence-corrected chi connectivity index (χ1v) is 8.75. The molecule has 0 spiro atoms. The van der Waals surface area contributed by atoms with Crippen LogP contribution in [0.5, 0.6) is 0 Å². The number of anilines is 1. The Morgan fingerprint density at radius 2 is 2.00 bits per heavy atom. The molecule has 0 bridgehead atoms. The minimum Gasteiger partial charge on any atom is -0.381 e. The van der Waals surface area contributed by atoms with Crippen molar-refractivity contribution in [1.82, 2.24) is 15.1 Å². The quantitative estimate of drug-likeness (QED) is 0.921. The van der Waals surface area contributed by atoms with Gasteiger partial charge in [-0.3, -0.25) is 15.0 Å². The smallest absolute Gasteiger partial charge is 0.243 e. The van der Waals surface area contributed by atoms with Gasteiger partial charge in [-0.2, -0.15) is 0 Å². The Labute approximate surface area is 135 Å². The summed E-state index contributed by atoms with van der Waals surface area (Å²) in [6.07, 6.45) is 2.97. The van der Waals surface area contributed by atoms with Gasteiger partial charge in [0.2, 0.25) is 11.0 Å². The zero-order chi connectivity index (χ0) is 15.7. The molecule has 3 rings (SSSR count). The Morgan fingerprint density at radius 1 is 1.27 bits per heavy atom. The summed E-state index contributed by atoms with van der Waals surface area (Å²) in [4.78, 5) is 14.8. The highest BCUT2D eigenvalue weighted by atomic mass is 32.1. The predicted octanol–water partition coefficient (Wildman–Crippen LogP) is 2.03. The number of hydrogen-bond donors (Lipinski definition) is 1. The largest absolute Gasteiger partial charge is 0.381 e. The van der Waals surface area contributed by atoms with E-state index >= 15 is 0 Å². The molecule has 0 radical (unpaired) electrons. The molecule has 7 heteroatoms. The fourth-order valence-electron chi connectivity index (χ4n) is 2.91. The molecule has 0 aromatic carbocycles. The summed E-state index contributed by atoms with van der Waals surface area (Å²) in [5.41, 5.74) is -0.0365. The van der Waals surface area contributed by atoms with E-state index in [1.54, 1.807) is 0 Å². The summed E-state index contributed by atoms with van der Waals surface area (Å²) in [6, 6.07) is 0.461. The van der Waals surface area contributed by atoms with Gasteiger partial charge in [0.1, 0.15) is 5.01 Å². The number of hydrogen-bond acceptors (Lipinski definition) is 6. The Hall–Kier alpha value is -1.05. The summed E-state index contributed by atoms with van der Waals surface area (Å²) < 4.78 is 5.40. The highest BCUT2D eigenvalue weighted by Crippen LogP contribution is 2.30. The third-order valence-corrected chi connectivity index (χ3v) is 5.58. The van der Waals surface area contributed by atoms with Gasteiger partial charge in [0, 0.05) is 31.2 Å². The Kier molecular flexibility index (Phi) is 4.47. The van der Waals surface area contributed by atoms with Gasteiger partial charge in [0.15, 0.2) is 0 Å². The normalized spacial score (nSPS) is 24.0. The number of ether oxygens (including phenoxy) is 1. The molecule has 6 nitrogen and oxygen atoms in total. The van der Waals surface area contributed by atoms with E-state index in [9.17, 15) is 4.79 Å². The summed E-state index contributed by atoms with van der Waals surface area (Å²) >= 11 is 1.46. The maximum atomic E-state index is 12.5. The van der Waals surface area contributed by atoms with Gasteiger partial charge in [-0.05, 0) is 19.3 Å². The van der Waals surface area contributed by atoms with Crippen molar-refractivity contribution in [2.24, 2.45) is 0 Å². The van der Waals surface area contributed by atoms with Gasteiger partial charge in [0.25, 0.3) is 0 Å². The average Bonchev–Trinajstić information content (AvgIpc) is 2.87. The van der Waals surface area contributed by atoms with Crippen LogP contribution in [-0.2, 0) is 14.9 Å². The number of carbonyl (C=O) groups excluding carboxylic acids is 1. The van der Waals surface area contributed by atoms with Crippen LogP contribution in [0.4, 0.5) is 5.13 Å². The Bertz CT molecular complexity index is 534. The van der Waals surface area contributed by atoms with Crippen molar-refractivity contribution in [2.45, 2.75) is 57.5 Å². The van der Waals surface area contributed by atoms with Crippen molar-refractivity contribution in [3.63, 3.8) is 0 Å². The average molecular weight is 324 g/mol. The van der Waals surface area contributed by atoms with Crippen LogP contribution in [-0.4, -0.2) is 52.8 Å². The summed E-state index contributed by atoms with van der Waals surface area (Å²) in [5, 5.41) is 12.8. The Morgan fingerprint density at radius 3 is 2.55 bits per heavy atom. The highest BCUT2D eigenvalue weighted by molar-refractivity contribution is 7.15. The monoisotopic (exact) mass is 324 g/mol. The fraction of sp³-hybridized carbons (Fsp3) is 0.800. The standard InChI is InChI=1S/C15H24N4O2S/c1-15(2,3)13-17-18-14(22-13)16-12(20)11-4-7-19(11)10-5-8-21-9-6-10/h10-11H,4-9H2,1-3H3,(H,16,18,20)/t11-/m0/s1. The molecule has 0 saturated carbocycles. The van der Waals surface area contributed by atoms with E-state index in [0.717, 1.165) is 44.0 Å². The fourth-order valence-corrected chi connectivity index (χ4v) is 3.71. The van der Waals surface area contributed by atoms with Crippen molar-refractivity contribution in [1.29, 1.82) is 0 Å². The van der Waals surface area contributed by atoms with Crippen LogP contribution in [0.1, 0.15) is 45.0 Å². The van der Waals surface area contributed by atoms with Crippen molar-refractivity contribution in [2.75, 3.05) is 25.1 Å². The maximum absolute atomic E-state index is 12.5. The van der Waals surface area contributed by atoms with Crippen LogP contribution in [0.25, 0.3) is 0 Å². The minimum atomic E-state index is -0.0365. The van der Waals surface area contributed by atoms with Crippen LogP contribution in [0.15, 0.2) is 0 Å². The van der Waals surface area contributed by atoms with Crippen molar-refractivity contribution in [3.8, 4) is 0 Å². The maximum Gasteiger partial charge on any atom is 0.243 e. The van der Waals surface area contributed by atoms with Gasteiger partial charge >= 0.3 is 0 Å². The lowest BCUT2D eigenvalue weighted by Gasteiger charge is -2.46. The zero-order valence-corrected chi connectivity index (χ0v) is 14.3. The topological polar surface area (TPSA) is 67.4 Å². The van der Waals surface area contributed by atoms with E-state index in [0.29, 0.717) is 11.2 Å². The minimum absolute atomic E-state index is 0.0231. The molecule has 22 heavy (non-hydrogen) atoms. The molecule has 1 atom stereocenters. The molecule has 122 valence electrons. The number of rotatable bonds is 3. The van der Waals surface area contributed by atoms with E-state index in [1.807, 2.05) is 0 Å². The van der Waals surface area contributed by atoms with Crippen LogP contribution >= 0.6 is 11.3 Å². The van der Waals surface area contributed by atoms with E-state index in [-0.39, 0.29) is 17.4 Å². The van der Waals surface area contributed by atoms with Crippen LogP contribution in [0.2, 0.25) is 0 Å². The second-order valence-electron chi connectivity index (χ2n) is 7.04. The van der Waals surface area contributed by atoms with Gasteiger partial charge < -0.3 is 4.74 Å². The third-order valence-electron chi connectivity index (χ3n) is 4.32. The van der Waals surface area contributed by atoms with Crippen molar-refractivity contribution >= 4 is 22.4 Å². The molecule has 0 aliphatic carbocycles. The molecule has 1 amide bonds. The van der Waals surface area contributed by atoms with Crippen LogP contribution in [0.3, 0.4) is 0 Å².